The lowest BCUT2D eigenvalue weighted by molar-refractivity contribution is -0.146. The number of aromatic nitrogens is 1. The van der Waals surface area contributed by atoms with Gasteiger partial charge in [-0.3, -0.25) is 14.7 Å². The van der Waals surface area contributed by atoms with Gasteiger partial charge in [-0.05, 0) is 99.2 Å². The van der Waals surface area contributed by atoms with E-state index < -0.39 is 6.10 Å². The number of hydrogen-bond donors (Lipinski definition) is 1. The molecule has 0 saturated carbocycles. The quantitative estimate of drug-likeness (QED) is 0.275. The number of aliphatic hydroxyl groups is 1. The van der Waals surface area contributed by atoms with Crippen molar-refractivity contribution in [3.8, 4) is 11.1 Å². The third-order valence-corrected chi connectivity index (χ3v) is 9.31. The molecule has 2 aliphatic heterocycles. The van der Waals surface area contributed by atoms with Crippen LogP contribution in [-0.2, 0) is 35.5 Å². The average molecular weight is 602 g/mol. The van der Waals surface area contributed by atoms with Crippen molar-refractivity contribution in [1.29, 1.82) is 0 Å². The number of piperidine rings is 1. The molecule has 0 spiro atoms. The number of halogens is 1. The highest BCUT2D eigenvalue weighted by atomic mass is 19.1. The molecule has 7 heteroatoms. The van der Waals surface area contributed by atoms with E-state index in [4.69, 9.17) is 9.72 Å². The van der Waals surface area contributed by atoms with E-state index in [9.17, 15) is 14.3 Å². The minimum absolute atomic E-state index is 0.141. The number of nitrogens with zero attached hydrogens (tertiary/aromatic N) is 3. The molecule has 6 nitrogen and oxygen atoms in total. The molecule has 1 aromatic heterocycles. The molecule has 1 saturated heterocycles. The summed E-state index contributed by atoms with van der Waals surface area (Å²) in [7, 11) is 0. The number of ether oxygens (including phenoxy) is 1. The van der Waals surface area contributed by atoms with Crippen LogP contribution < -0.4 is 4.90 Å². The Morgan fingerprint density at radius 2 is 1.77 bits per heavy atom. The third-order valence-electron chi connectivity index (χ3n) is 9.31. The molecule has 0 aliphatic carbocycles. The molecule has 1 atom stereocenters. The van der Waals surface area contributed by atoms with Gasteiger partial charge in [-0.1, -0.05) is 38.1 Å². The first-order valence-electron chi connectivity index (χ1n) is 16.1. The normalized spacial score (nSPS) is 17.5. The second kappa shape index (κ2) is 13.0. The van der Waals surface area contributed by atoms with E-state index in [-0.39, 0.29) is 29.7 Å². The van der Waals surface area contributed by atoms with Gasteiger partial charge in [-0.25, -0.2) is 4.39 Å². The highest BCUT2D eigenvalue weighted by molar-refractivity contribution is 5.87. The molecule has 3 aromatic rings. The van der Waals surface area contributed by atoms with Crippen LogP contribution in [-0.4, -0.2) is 46.7 Å². The first-order chi connectivity index (χ1) is 20.8. The van der Waals surface area contributed by atoms with Crippen molar-refractivity contribution in [1.82, 2.24) is 9.88 Å². The van der Waals surface area contributed by atoms with Crippen LogP contribution in [0.15, 0.2) is 36.4 Å². The lowest BCUT2D eigenvalue weighted by atomic mass is 9.81. The van der Waals surface area contributed by atoms with E-state index in [1.807, 2.05) is 33.8 Å². The number of esters is 1. The van der Waals surface area contributed by atoms with Gasteiger partial charge in [0, 0.05) is 49.5 Å². The Morgan fingerprint density at radius 3 is 2.43 bits per heavy atom. The average Bonchev–Trinajstić information content (AvgIpc) is 2.94. The van der Waals surface area contributed by atoms with Gasteiger partial charge in [0.2, 0.25) is 0 Å². The van der Waals surface area contributed by atoms with E-state index in [1.165, 1.54) is 11.1 Å². The van der Waals surface area contributed by atoms with Crippen LogP contribution in [0.1, 0.15) is 92.8 Å². The van der Waals surface area contributed by atoms with Gasteiger partial charge >= 0.3 is 5.97 Å². The van der Waals surface area contributed by atoms with Crippen LogP contribution in [0.25, 0.3) is 11.1 Å². The summed E-state index contributed by atoms with van der Waals surface area (Å²) < 4.78 is 19.3. The van der Waals surface area contributed by atoms with Crippen molar-refractivity contribution in [2.75, 3.05) is 24.5 Å². The highest BCUT2D eigenvalue weighted by Gasteiger charge is 2.32. The number of carbonyl (C=O) groups excluding carboxylic acids is 1. The second-order valence-electron chi connectivity index (χ2n) is 13.8. The van der Waals surface area contributed by atoms with Gasteiger partial charge in [0.1, 0.15) is 5.82 Å². The lowest BCUT2D eigenvalue weighted by Gasteiger charge is -2.40. The second-order valence-corrected chi connectivity index (χ2v) is 13.8. The van der Waals surface area contributed by atoms with Crippen LogP contribution >= 0.6 is 0 Å². The summed E-state index contributed by atoms with van der Waals surface area (Å²) in [6.45, 7) is 18.3. The topological polar surface area (TPSA) is 65.9 Å². The number of rotatable bonds is 8. The standard InChI is InChI=1S/C37H48FN3O3/c1-23(2)44-33(43)20-32-25(4)39-35(26(5)42)34(36(32)41-16-13-37(6,7)14-17-41)28-8-9-30-22-40(15-12-27(30)19-28)21-29-10-11-31(38)18-24(29)3/h8-11,18-19,23,26,42H,12-17,20-22H2,1-7H3. The molecule has 1 fully saturated rings. The number of hydrogen-bond acceptors (Lipinski definition) is 6. The summed E-state index contributed by atoms with van der Waals surface area (Å²) in [5.41, 5.74) is 10.2. The molecule has 1 N–H and O–H groups in total. The Bertz CT molecular complexity index is 1520. The molecule has 0 amide bonds. The predicted octanol–water partition coefficient (Wildman–Crippen LogP) is 7.24. The van der Waals surface area contributed by atoms with Crippen LogP contribution in [0.4, 0.5) is 10.1 Å². The molecule has 44 heavy (non-hydrogen) atoms. The van der Waals surface area contributed by atoms with E-state index in [2.05, 4.69) is 41.8 Å². The first kappa shape index (κ1) is 32.1. The summed E-state index contributed by atoms with van der Waals surface area (Å²) in [6, 6.07) is 11.7. The molecule has 0 radical (unpaired) electrons. The van der Waals surface area contributed by atoms with E-state index in [0.29, 0.717) is 5.69 Å². The molecule has 1 unspecified atom stereocenters. The van der Waals surface area contributed by atoms with Crippen molar-refractivity contribution in [3.63, 3.8) is 0 Å². The summed E-state index contributed by atoms with van der Waals surface area (Å²) in [4.78, 5) is 22.8. The third kappa shape index (κ3) is 7.16. The van der Waals surface area contributed by atoms with Crippen molar-refractivity contribution < 1.29 is 19.0 Å². The highest BCUT2D eigenvalue weighted by Crippen LogP contribution is 2.44. The van der Waals surface area contributed by atoms with E-state index in [0.717, 1.165) is 91.2 Å². The number of pyridine rings is 1. The fraction of sp³-hybridized carbons (Fsp3) is 0.514. The molecular weight excluding hydrogens is 553 g/mol. The summed E-state index contributed by atoms with van der Waals surface area (Å²) in [5, 5.41) is 11.0. The Hall–Kier alpha value is -3.29. The zero-order valence-electron chi connectivity index (χ0n) is 27.5. The number of carbonyl (C=O) groups is 1. The van der Waals surface area contributed by atoms with Crippen LogP contribution in [0.3, 0.4) is 0 Å². The Morgan fingerprint density at radius 1 is 1.05 bits per heavy atom. The summed E-state index contributed by atoms with van der Waals surface area (Å²) >= 11 is 0. The first-order valence-corrected chi connectivity index (χ1v) is 16.1. The summed E-state index contributed by atoms with van der Waals surface area (Å²) in [5.74, 6) is -0.460. The van der Waals surface area contributed by atoms with Gasteiger partial charge in [0.05, 0.1) is 30.0 Å². The number of benzene rings is 2. The molecule has 5 rings (SSSR count). The van der Waals surface area contributed by atoms with Crippen molar-refractivity contribution in [3.05, 3.63) is 81.4 Å². The number of aryl methyl sites for hydroxylation is 2. The maximum atomic E-state index is 13.7. The monoisotopic (exact) mass is 601 g/mol. The summed E-state index contributed by atoms with van der Waals surface area (Å²) in [6.07, 6.45) is 2.15. The van der Waals surface area contributed by atoms with E-state index >= 15 is 0 Å². The fourth-order valence-electron chi connectivity index (χ4n) is 6.66. The van der Waals surface area contributed by atoms with Gasteiger partial charge in [0.15, 0.2) is 0 Å². The lowest BCUT2D eigenvalue weighted by Crippen LogP contribution is -2.38. The van der Waals surface area contributed by atoms with Gasteiger partial charge in [-0.2, -0.15) is 0 Å². The van der Waals surface area contributed by atoms with Crippen molar-refractivity contribution in [2.24, 2.45) is 5.41 Å². The van der Waals surface area contributed by atoms with Crippen molar-refractivity contribution >= 4 is 11.7 Å². The number of anilines is 1. The maximum absolute atomic E-state index is 13.7. The number of fused-ring (bicyclic) bond motifs is 1. The SMILES string of the molecule is Cc1cc(F)ccc1CN1CCc2cc(-c3c(C(C)O)nc(C)c(CC(=O)OC(C)C)c3N3CCC(C)(C)CC3)ccc2C1. The van der Waals surface area contributed by atoms with Crippen LogP contribution in [0.5, 0.6) is 0 Å². The van der Waals surface area contributed by atoms with Crippen LogP contribution in [0, 0.1) is 25.1 Å². The van der Waals surface area contributed by atoms with Gasteiger partial charge < -0.3 is 14.7 Å². The molecule has 3 heterocycles. The van der Waals surface area contributed by atoms with Gasteiger partial charge in [-0.15, -0.1) is 0 Å². The Labute approximate surface area is 262 Å². The molecule has 0 bridgehead atoms. The van der Waals surface area contributed by atoms with E-state index in [1.54, 1.807) is 19.1 Å². The fourth-order valence-corrected chi connectivity index (χ4v) is 6.66. The zero-order chi connectivity index (χ0) is 31.8. The predicted molar refractivity (Wildman–Crippen MR) is 174 cm³/mol. The minimum atomic E-state index is -0.772. The zero-order valence-corrected chi connectivity index (χ0v) is 27.5. The Balaban J connectivity index is 1.55. The minimum Gasteiger partial charge on any atom is -0.463 e. The van der Waals surface area contributed by atoms with Crippen LogP contribution in [0.2, 0.25) is 0 Å². The van der Waals surface area contributed by atoms with Crippen molar-refractivity contribution in [2.45, 2.75) is 99.4 Å². The maximum Gasteiger partial charge on any atom is 0.310 e. The molecule has 236 valence electrons. The Kier molecular flexibility index (Phi) is 9.47. The molecule has 2 aromatic carbocycles. The largest absolute Gasteiger partial charge is 0.463 e. The molecule has 2 aliphatic rings. The van der Waals surface area contributed by atoms with Gasteiger partial charge in [0.25, 0.3) is 0 Å². The smallest absolute Gasteiger partial charge is 0.310 e. The number of aliphatic hydroxyl groups excluding tert-OH is 1. The molecular formula is C37H48FN3O3.